The lowest BCUT2D eigenvalue weighted by atomic mass is 9.92. The molecule has 0 aliphatic carbocycles. The molecule has 48 heavy (non-hydrogen) atoms. The SMILES string of the molecule is CSCC(C)(C)c1cc(NC(=O)NCc2ccccc2Sc2ccc3nnc(-c4ccccc4SC)n3c2)n(-c2ccc(Cl)c(O)c2)n1. The maximum Gasteiger partial charge on any atom is 0.320 e. The van der Waals surface area contributed by atoms with E-state index in [0.717, 1.165) is 48.7 Å². The molecule has 3 aromatic heterocycles. The number of aromatic hydroxyl groups is 1. The minimum absolute atomic E-state index is 0.0662. The van der Waals surface area contributed by atoms with E-state index in [1.54, 1.807) is 52.1 Å². The molecule has 9 nitrogen and oxygen atoms in total. The van der Waals surface area contributed by atoms with Crippen LogP contribution < -0.4 is 10.6 Å². The Morgan fingerprint density at radius 3 is 2.50 bits per heavy atom. The van der Waals surface area contributed by atoms with Crippen LogP contribution in [0.25, 0.3) is 22.7 Å². The highest BCUT2D eigenvalue weighted by Crippen LogP contribution is 2.34. The van der Waals surface area contributed by atoms with E-state index in [9.17, 15) is 9.90 Å². The first kappa shape index (κ1) is 33.8. The van der Waals surface area contributed by atoms with Gasteiger partial charge in [0.15, 0.2) is 11.5 Å². The summed E-state index contributed by atoms with van der Waals surface area (Å²) < 4.78 is 3.63. The maximum atomic E-state index is 13.3. The zero-order valence-corrected chi connectivity index (χ0v) is 30.0. The Bertz CT molecular complexity index is 2100. The molecule has 0 saturated carbocycles. The van der Waals surface area contributed by atoms with E-state index in [1.165, 1.54) is 6.07 Å². The van der Waals surface area contributed by atoms with Crippen molar-refractivity contribution < 1.29 is 9.90 Å². The summed E-state index contributed by atoms with van der Waals surface area (Å²) in [6.07, 6.45) is 6.16. The van der Waals surface area contributed by atoms with Crippen LogP contribution in [-0.2, 0) is 12.0 Å². The number of aromatic nitrogens is 5. The second-order valence-electron chi connectivity index (χ2n) is 11.6. The summed E-state index contributed by atoms with van der Waals surface area (Å²) >= 11 is 11.1. The average Bonchev–Trinajstić information content (AvgIpc) is 3.70. The second-order valence-corrected chi connectivity index (χ2v) is 14.9. The van der Waals surface area contributed by atoms with Gasteiger partial charge in [-0.1, -0.05) is 73.6 Å². The van der Waals surface area contributed by atoms with Gasteiger partial charge in [-0.15, -0.1) is 22.0 Å². The van der Waals surface area contributed by atoms with Gasteiger partial charge in [0, 0.05) is 56.3 Å². The van der Waals surface area contributed by atoms with Crippen LogP contribution in [0.4, 0.5) is 10.6 Å². The van der Waals surface area contributed by atoms with Gasteiger partial charge in [-0.2, -0.15) is 16.9 Å². The number of rotatable bonds is 11. The lowest BCUT2D eigenvalue weighted by Gasteiger charge is -2.20. The average molecular weight is 716 g/mol. The number of carbonyl (C=O) groups is 1. The van der Waals surface area contributed by atoms with Crippen LogP contribution in [0.2, 0.25) is 5.02 Å². The van der Waals surface area contributed by atoms with Gasteiger partial charge >= 0.3 is 6.03 Å². The number of hydrogen-bond donors (Lipinski definition) is 3. The number of nitrogens with zero attached hydrogens (tertiary/aromatic N) is 5. The predicted octanol–water partition coefficient (Wildman–Crippen LogP) is 8.78. The largest absolute Gasteiger partial charge is 0.506 e. The summed E-state index contributed by atoms with van der Waals surface area (Å²) in [5.41, 5.74) is 3.90. The third-order valence-electron chi connectivity index (χ3n) is 7.69. The fraction of sp³-hybridized carbons (Fsp3) is 0.200. The summed E-state index contributed by atoms with van der Waals surface area (Å²) in [6.45, 7) is 4.52. The van der Waals surface area contributed by atoms with Gasteiger partial charge in [0.25, 0.3) is 0 Å². The van der Waals surface area contributed by atoms with Crippen molar-refractivity contribution >= 4 is 64.4 Å². The quantitative estimate of drug-likeness (QED) is 0.114. The predicted molar refractivity (Wildman–Crippen MR) is 198 cm³/mol. The molecule has 3 aromatic carbocycles. The molecular formula is C35H34ClN7O2S3. The minimum atomic E-state index is -0.383. The Hall–Kier alpha value is -4.10. The fourth-order valence-corrected chi connectivity index (χ4v) is 7.77. The number of fused-ring (bicyclic) bond motifs is 1. The first-order valence-electron chi connectivity index (χ1n) is 15.0. The second kappa shape index (κ2) is 14.6. The number of phenols is 1. The molecule has 3 heterocycles. The Morgan fingerprint density at radius 1 is 0.958 bits per heavy atom. The van der Waals surface area contributed by atoms with Crippen LogP contribution in [0.15, 0.2) is 106 Å². The van der Waals surface area contributed by atoms with Crippen LogP contribution in [0.1, 0.15) is 25.1 Å². The first-order chi connectivity index (χ1) is 23.2. The first-order valence-corrected chi connectivity index (χ1v) is 18.9. The number of nitrogens with one attached hydrogen (secondary N) is 2. The monoisotopic (exact) mass is 715 g/mol. The van der Waals surface area contributed by atoms with E-state index in [-0.39, 0.29) is 22.2 Å². The summed E-state index contributed by atoms with van der Waals surface area (Å²) in [6, 6.07) is 26.5. The normalized spacial score (nSPS) is 11.6. The van der Waals surface area contributed by atoms with Gasteiger partial charge < -0.3 is 10.4 Å². The Morgan fingerprint density at radius 2 is 1.73 bits per heavy atom. The molecule has 246 valence electrons. The molecule has 0 bridgehead atoms. The van der Waals surface area contributed by atoms with E-state index in [0.29, 0.717) is 18.1 Å². The van der Waals surface area contributed by atoms with Crippen molar-refractivity contribution in [2.24, 2.45) is 0 Å². The van der Waals surface area contributed by atoms with Crippen molar-refractivity contribution in [3.05, 3.63) is 107 Å². The summed E-state index contributed by atoms with van der Waals surface area (Å²) in [4.78, 5) is 16.5. The van der Waals surface area contributed by atoms with E-state index < -0.39 is 0 Å². The number of pyridine rings is 1. The Labute approximate surface area is 296 Å². The highest BCUT2D eigenvalue weighted by molar-refractivity contribution is 7.99. The fourth-order valence-electron chi connectivity index (χ4n) is 5.22. The van der Waals surface area contributed by atoms with Crippen molar-refractivity contribution in [2.45, 2.75) is 40.5 Å². The van der Waals surface area contributed by atoms with Gasteiger partial charge in [0.2, 0.25) is 0 Å². The van der Waals surface area contributed by atoms with Crippen LogP contribution in [-0.4, -0.2) is 53.8 Å². The molecule has 0 atom stereocenters. The van der Waals surface area contributed by atoms with Crippen LogP contribution >= 0.6 is 46.9 Å². The Kier molecular flexibility index (Phi) is 10.3. The van der Waals surface area contributed by atoms with Gasteiger partial charge in [0.05, 0.1) is 16.4 Å². The van der Waals surface area contributed by atoms with Crippen LogP contribution in [0.5, 0.6) is 5.75 Å². The van der Waals surface area contributed by atoms with Crippen molar-refractivity contribution in [1.29, 1.82) is 0 Å². The Balaban J connectivity index is 1.21. The van der Waals surface area contributed by atoms with Crippen molar-refractivity contribution in [1.82, 2.24) is 29.7 Å². The molecule has 0 aliphatic rings. The lowest BCUT2D eigenvalue weighted by Crippen LogP contribution is -2.29. The highest BCUT2D eigenvalue weighted by Gasteiger charge is 2.26. The number of anilines is 1. The minimum Gasteiger partial charge on any atom is -0.506 e. The number of thioether (sulfide) groups is 2. The number of benzene rings is 3. The van der Waals surface area contributed by atoms with Crippen LogP contribution in [0.3, 0.4) is 0 Å². The topological polar surface area (TPSA) is 109 Å². The summed E-state index contributed by atoms with van der Waals surface area (Å²) in [5.74, 6) is 2.04. The molecule has 0 aliphatic heterocycles. The molecule has 0 radical (unpaired) electrons. The maximum absolute atomic E-state index is 13.3. The molecular weight excluding hydrogens is 682 g/mol. The number of phenolic OH excluding ortho intramolecular Hbond substituents is 1. The van der Waals surface area contributed by atoms with Crippen molar-refractivity contribution in [3.8, 4) is 22.8 Å². The number of halogens is 1. The van der Waals surface area contributed by atoms with Crippen LogP contribution in [0, 0.1) is 0 Å². The molecule has 0 spiro atoms. The van der Waals surface area contributed by atoms with Crippen molar-refractivity contribution in [3.63, 3.8) is 0 Å². The molecule has 13 heteroatoms. The zero-order valence-electron chi connectivity index (χ0n) is 26.8. The third kappa shape index (κ3) is 7.31. The molecule has 0 saturated heterocycles. The number of hydrogen-bond acceptors (Lipinski definition) is 8. The molecule has 3 N–H and O–H groups in total. The lowest BCUT2D eigenvalue weighted by molar-refractivity contribution is 0.251. The van der Waals surface area contributed by atoms with Gasteiger partial charge in [-0.3, -0.25) is 9.72 Å². The number of urea groups is 1. The van der Waals surface area contributed by atoms with Crippen molar-refractivity contribution in [2.75, 3.05) is 23.6 Å². The third-order valence-corrected chi connectivity index (χ3v) is 10.9. The summed E-state index contributed by atoms with van der Waals surface area (Å²) in [5, 5.41) is 30.2. The zero-order chi connectivity index (χ0) is 33.8. The van der Waals surface area contributed by atoms with E-state index in [1.807, 2.05) is 59.0 Å². The van der Waals surface area contributed by atoms with Gasteiger partial charge in [-0.25, -0.2) is 9.48 Å². The molecule has 0 unspecified atom stereocenters. The smallest absolute Gasteiger partial charge is 0.320 e. The van der Waals surface area contributed by atoms with E-state index in [4.69, 9.17) is 16.7 Å². The van der Waals surface area contributed by atoms with E-state index in [2.05, 4.69) is 65.5 Å². The standard InChI is InChI=1S/C35H34ClN7O2S3/c1-35(2,21-46-3)30-18-32(43(41-30)23-13-15-26(36)27(44)17-23)38-34(45)37-19-22-9-5-7-11-28(22)48-24-14-16-31-39-40-33(42(31)20-24)25-10-6-8-12-29(25)47-4/h5-18,20,44H,19,21H2,1-4H3,(H2,37,38,45). The molecule has 6 aromatic rings. The number of amides is 2. The van der Waals surface area contributed by atoms with E-state index >= 15 is 0 Å². The number of carbonyl (C=O) groups excluding carboxylic acids is 1. The summed E-state index contributed by atoms with van der Waals surface area (Å²) in [7, 11) is 0. The highest BCUT2D eigenvalue weighted by atomic mass is 35.5. The van der Waals surface area contributed by atoms with Gasteiger partial charge in [0.1, 0.15) is 11.6 Å². The van der Waals surface area contributed by atoms with Gasteiger partial charge in [-0.05, 0) is 54.5 Å². The molecule has 6 rings (SSSR count). The molecule has 2 amide bonds. The molecule has 0 fully saturated rings.